The molecule has 0 spiro atoms. The topological polar surface area (TPSA) is 106 Å². The Balaban J connectivity index is 0.00000210. The summed E-state index contributed by atoms with van der Waals surface area (Å²) in [6, 6.07) is 8.68. The van der Waals surface area contributed by atoms with Crippen LogP contribution in [0.4, 0.5) is 5.69 Å². The van der Waals surface area contributed by atoms with Gasteiger partial charge in [0, 0.05) is 31.1 Å². The number of nitrogens with zero attached hydrogens (tertiary/aromatic N) is 1. The van der Waals surface area contributed by atoms with Crippen molar-refractivity contribution in [1.82, 2.24) is 10.3 Å². The number of aryl methyl sites for hydroxylation is 1. The molecule has 9 heteroatoms. The highest BCUT2D eigenvalue weighted by Crippen LogP contribution is 2.31. The van der Waals surface area contributed by atoms with Gasteiger partial charge in [0.1, 0.15) is 17.2 Å². The summed E-state index contributed by atoms with van der Waals surface area (Å²) in [6.07, 6.45) is 4.86. The van der Waals surface area contributed by atoms with Crippen molar-refractivity contribution in [2.24, 2.45) is 5.73 Å². The average molecular weight is 441 g/mol. The maximum Gasteiger partial charge on any atom is 0.269 e. The molecule has 0 saturated heterocycles. The van der Waals surface area contributed by atoms with Crippen molar-refractivity contribution in [1.29, 1.82) is 0 Å². The summed E-state index contributed by atoms with van der Waals surface area (Å²) in [5.74, 6) is 0.615. The van der Waals surface area contributed by atoms with E-state index in [2.05, 4.69) is 15.6 Å². The Kier molecular flexibility index (Phi) is 8.88. The second-order valence-electron chi connectivity index (χ2n) is 6.86. The van der Waals surface area contributed by atoms with Crippen LogP contribution < -0.4 is 21.1 Å². The van der Waals surface area contributed by atoms with Crippen LogP contribution in [0.1, 0.15) is 41.7 Å². The maximum atomic E-state index is 12.5. The van der Waals surface area contributed by atoms with Gasteiger partial charge < -0.3 is 21.1 Å². The zero-order valence-electron chi connectivity index (χ0n) is 16.4. The molecular weight excluding hydrogens is 415 g/mol. The second kappa shape index (κ2) is 10.4. The fourth-order valence-corrected chi connectivity index (χ4v) is 3.13. The quantitative estimate of drug-likeness (QED) is 0.658. The van der Waals surface area contributed by atoms with Gasteiger partial charge in [0.05, 0.1) is 5.54 Å². The normalized spacial score (nSPS) is 14.2. The zero-order chi connectivity index (χ0) is 19.4. The number of ether oxygens (including phenoxy) is 1. The van der Waals surface area contributed by atoms with Gasteiger partial charge in [-0.05, 0) is 37.5 Å². The molecule has 1 aromatic heterocycles. The summed E-state index contributed by atoms with van der Waals surface area (Å²) in [7, 11) is 1.54. The molecule has 1 saturated carbocycles. The highest BCUT2D eigenvalue weighted by Gasteiger charge is 2.37. The van der Waals surface area contributed by atoms with Crippen molar-refractivity contribution in [3.63, 3.8) is 0 Å². The Morgan fingerprint density at radius 1 is 1.14 bits per heavy atom. The first-order valence-electron chi connectivity index (χ1n) is 8.98. The van der Waals surface area contributed by atoms with E-state index in [1.165, 1.54) is 6.20 Å². The van der Waals surface area contributed by atoms with Crippen LogP contribution in [0.2, 0.25) is 0 Å². The van der Waals surface area contributed by atoms with Gasteiger partial charge in [-0.2, -0.15) is 0 Å². The number of pyridine rings is 1. The number of nitrogens with two attached hydrogens (primary N) is 1. The molecule has 2 amide bonds. The Morgan fingerprint density at radius 2 is 1.83 bits per heavy atom. The predicted octanol–water partition coefficient (Wildman–Crippen LogP) is 3.60. The molecule has 0 radical (unpaired) electrons. The van der Waals surface area contributed by atoms with Gasteiger partial charge in [0.2, 0.25) is 5.91 Å². The average Bonchev–Trinajstić information content (AvgIpc) is 3.12. The van der Waals surface area contributed by atoms with Crippen molar-refractivity contribution in [2.75, 3.05) is 12.4 Å². The fourth-order valence-electron chi connectivity index (χ4n) is 3.13. The molecule has 1 aromatic carbocycles. The van der Waals surface area contributed by atoms with Crippen molar-refractivity contribution < 1.29 is 14.3 Å². The third kappa shape index (κ3) is 5.82. The molecule has 0 atom stereocenters. The SMILES string of the molecule is CNC(=O)c1cc(Oc2cc(NC(=O)C3(N)CCCC3)ccc2C)ccn1.Cl.Cl. The molecule has 1 fully saturated rings. The molecule has 0 aliphatic heterocycles. The van der Waals surface area contributed by atoms with E-state index in [4.69, 9.17) is 10.5 Å². The van der Waals surface area contributed by atoms with Gasteiger partial charge in [-0.25, -0.2) is 0 Å². The minimum absolute atomic E-state index is 0. The fraction of sp³-hybridized carbons (Fsp3) is 0.350. The lowest BCUT2D eigenvalue weighted by molar-refractivity contribution is -0.121. The number of benzene rings is 1. The summed E-state index contributed by atoms with van der Waals surface area (Å²) >= 11 is 0. The maximum absolute atomic E-state index is 12.5. The van der Waals surface area contributed by atoms with E-state index in [1.807, 2.05) is 19.1 Å². The third-order valence-corrected chi connectivity index (χ3v) is 4.81. The Bertz CT molecular complexity index is 871. The predicted molar refractivity (Wildman–Crippen MR) is 117 cm³/mol. The van der Waals surface area contributed by atoms with Crippen LogP contribution in [-0.2, 0) is 4.79 Å². The van der Waals surface area contributed by atoms with Gasteiger partial charge in [0.25, 0.3) is 5.91 Å². The van der Waals surface area contributed by atoms with E-state index < -0.39 is 5.54 Å². The lowest BCUT2D eigenvalue weighted by atomic mass is 9.98. The summed E-state index contributed by atoms with van der Waals surface area (Å²) in [6.45, 7) is 1.91. The van der Waals surface area contributed by atoms with Crippen molar-refractivity contribution >= 4 is 42.3 Å². The van der Waals surface area contributed by atoms with Gasteiger partial charge in [0.15, 0.2) is 0 Å². The second-order valence-corrected chi connectivity index (χ2v) is 6.86. The third-order valence-electron chi connectivity index (χ3n) is 4.81. The highest BCUT2D eigenvalue weighted by atomic mass is 35.5. The van der Waals surface area contributed by atoms with Crippen LogP contribution >= 0.6 is 24.8 Å². The minimum atomic E-state index is -0.792. The van der Waals surface area contributed by atoms with Crippen LogP contribution in [0.15, 0.2) is 36.5 Å². The number of nitrogens with one attached hydrogen (secondary N) is 2. The van der Waals surface area contributed by atoms with E-state index in [9.17, 15) is 9.59 Å². The van der Waals surface area contributed by atoms with Crippen LogP contribution in [0.25, 0.3) is 0 Å². The smallest absolute Gasteiger partial charge is 0.269 e. The molecule has 7 nitrogen and oxygen atoms in total. The molecule has 0 unspecified atom stereocenters. The van der Waals surface area contributed by atoms with Crippen LogP contribution in [0, 0.1) is 6.92 Å². The number of halogens is 2. The molecule has 0 bridgehead atoms. The Labute approximate surface area is 182 Å². The number of hydrogen-bond acceptors (Lipinski definition) is 5. The highest BCUT2D eigenvalue weighted by molar-refractivity contribution is 5.98. The van der Waals surface area contributed by atoms with Crippen LogP contribution in [0.3, 0.4) is 0 Å². The lowest BCUT2D eigenvalue weighted by Crippen LogP contribution is -2.48. The lowest BCUT2D eigenvalue weighted by Gasteiger charge is -2.22. The van der Waals surface area contributed by atoms with Gasteiger partial charge in [-0.3, -0.25) is 14.6 Å². The van der Waals surface area contributed by atoms with Gasteiger partial charge in [-0.15, -0.1) is 24.8 Å². The van der Waals surface area contributed by atoms with Crippen molar-refractivity contribution in [2.45, 2.75) is 38.1 Å². The Morgan fingerprint density at radius 3 is 2.48 bits per heavy atom. The van der Waals surface area contributed by atoms with E-state index in [1.54, 1.807) is 25.2 Å². The number of rotatable bonds is 5. The number of hydrogen-bond donors (Lipinski definition) is 3. The molecule has 29 heavy (non-hydrogen) atoms. The number of carbonyl (C=O) groups excluding carboxylic acids is 2. The van der Waals surface area contributed by atoms with E-state index >= 15 is 0 Å². The molecule has 1 aliphatic carbocycles. The van der Waals surface area contributed by atoms with Gasteiger partial charge >= 0.3 is 0 Å². The van der Waals surface area contributed by atoms with Crippen LogP contribution in [0.5, 0.6) is 11.5 Å². The monoisotopic (exact) mass is 440 g/mol. The summed E-state index contributed by atoms with van der Waals surface area (Å²) in [5.41, 5.74) is 7.21. The van der Waals surface area contributed by atoms with E-state index in [0.717, 1.165) is 18.4 Å². The number of carbonyl (C=O) groups is 2. The largest absolute Gasteiger partial charge is 0.457 e. The molecule has 1 heterocycles. The van der Waals surface area contributed by atoms with Gasteiger partial charge in [-0.1, -0.05) is 18.9 Å². The summed E-state index contributed by atoms with van der Waals surface area (Å²) in [4.78, 5) is 28.3. The van der Waals surface area contributed by atoms with Crippen molar-refractivity contribution in [3.05, 3.63) is 47.8 Å². The van der Waals surface area contributed by atoms with Crippen molar-refractivity contribution in [3.8, 4) is 11.5 Å². The number of amides is 2. The summed E-state index contributed by atoms with van der Waals surface area (Å²) in [5, 5.41) is 5.42. The molecule has 4 N–H and O–H groups in total. The number of aromatic nitrogens is 1. The molecule has 3 rings (SSSR count). The Hall–Kier alpha value is -2.35. The van der Waals surface area contributed by atoms with E-state index in [-0.39, 0.29) is 42.3 Å². The first kappa shape index (κ1) is 24.7. The molecule has 158 valence electrons. The molecule has 1 aliphatic rings. The minimum Gasteiger partial charge on any atom is -0.457 e. The first-order valence-corrected chi connectivity index (χ1v) is 8.98. The molecule has 2 aromatic rings. The summed E-state index contributed by atoms with van der Waals surface area (Å²) < 4.78 is 5.91. The van der Waals surface area contributed by atoms with E-state index in [0.29, 0.717) is 30.0 Å². The standard InChI is InChI=1S/C20H24N4O3.2ClH/c1-13-5-6-14(24-19(26)20(21)8-3-4-9-20)11-17(13)27-15-7-10-23-16(12-15)18(25)22-2;;/h5-7,10-12H,3-4,8-9,21H2,1-2H3,(H,22,25)(H,24,26);2*1H. The molecular formula is C20H26Cl2N4O3. The first-order chi connectivity index (χ1) is 12.9. The van der Waals surface area contributed by atoms with Crippen LogP contribution in [-0.4, -0.2) is 29.4 Å². The zero-order valence-corrected chi connectivity index (χ0v) is 18.0. The number of anilines is 1.